The average Bonchev–Trinajstić information content (AvgIpc) is 2.89. The molecule has 0 bridgehead atoms. The van der Waals surface area contributed by atoms with Gasteiger partial charge >= 0.3 is 0 Å². The molecule has 0 aliphatic rings. The van der Waals surface area contributed by atoms with Crippen LogP contribution in [0, 0.1) is 0 Å². The molecule has 0 spiro atoms. The van der Waals surface area contributed by atoms with Crippen molar-refractivity contribution in [2.45, 2.75) is 0 Å². The van der Waals surface area contributed by atoms with E-state index >= 15 is 0 Å². The standard InChI is InChI=1S/C14H11BrN4/c15-11-3-1-2-10(8-11)14-9-17-18-19(14)13-6-4-12(16)5-7-13/h1-9H,16H2. The van der Waals surface area contributed by atoms with E-state index in [4.69, 9.17) is 5.73 Å². The molecule has 2 N–H and O–H groups in total. The Hall–Kier alpha value is -2.14. The average molecular weight is 315 g/mol. The summed E-state index contributed by atoms with van der Waals surface area (Å²) in [4.78, 5) is 0. The van der Waals surface area contributed by atoms with E-state index < -0.39 is 0 Å². The van der Waals surface area contributed by atoms with E-state index in [1.165, 1.54) is 0 Å². The van der Waals surface area contributed by atoms with Crippen LogP contribution in [0.25, 0.3) is 16.9 Å². The maximum Gasteiger partial charge on any atom is 0.0944 e. The predicted octanol–water partition coefficient (Wildman–Crippen LogP) is 3.28. The van der Waals surface area contributed by atoms with E-state index in [0.29, 0.717) is 0 Å². The SMILES string of the molecule is Nc1ccc(-n2nncc2-c2cccc(Br)c2)cc1. The van der Waals surface area contributed by atoms with Crippen molar-refractivity contribution in [1.29, 1.82) is 0 Å². The van der Waals surface area contributed by atoms with Crippen LogP contribution >= 0.6 is 15.9 Å². The third kappa shape index (κ3) is 2.37. The van der Waals surface area contributed by atoms with E-state index in [1.54, 1.807) is 10.9 Å². The van der Waals surface area contributed by atoms with Crippen molar-refractivity contribution in [1.82, 2.24) is 15.0 Å². The number of aromatic nitrogens is 3. The second kappa shape index (κ2) is 4.85. The molecule has 0 aliphatic heterocycles. The number of halogens is 1. The minimum atomic E-state index is 0.730. The number of nitrogens with zero attached hydrogens (tertiary/aromatic N) is 3. The summed E-state index contributed by atoms with van der Waals surface area (Å²) in [6, 6.07) is 15.6. The predicted molar refractivity (Wildman–Crippen MR) is 78.9 cm³/mol. The van der Waals surface area contributed by atoms with Crippen LogP contribution in [0.4, 0.5) is 5.69 Å². The Morgan fingerprint density at radius 1 is 1.05 bits per heavy atom. The van der Waals surface area contributed by atoms with Gasteiger partial charge in [0.2, 0.25) is 0 Å². The molecule has 94 valence electrons. The van der Waals surface area contributed by atoms with Crippen molar-refractivity contribution in [3.63, 3.8) is 0 Å². The van der Waals surface area contributed by atoms with Crippen molar-refractivity contribution >= 4 is 21.6 Å². The highest BCUT2D eigenvalue weighted by molar-refractivity contribution is 9.10. The van der Waals surface area contributed by atoms with Gasteiger partial charge in [-0.15, -0.1) is 5.10 Å². The molecule has 0 unspecified atom stereocenters. The topological polar surface area (TPSA) is 56.7 Å². The fourth-order valence-electron chi connectivity index (χ4n) is 1.89. The molecule has 0 saturated carbocycles. The van der Waals surface area contributed by atoms with E-state index in [9.17, 15) is 0 Å². The number of anilines is 1. The van der Waals surface area contributed by atoms with Crippen molar-refractivity contribution in [2.75, 3.05) is 5.73 Å². The van der Waals surface area contributed by atoms with Gasteiger partial charge in [-0.2, -0.15) is 0 Å². The van der Waals surface area contributed by atoms with Crippen molar-refractivity contribution < 1.29 is 0 Å². The summed E-state index contributed by atoms with van der Waals surface area (Å²) in [5.41, 5.74) is 9.35. The molecule has 4 nitrogen and oxygen atoms in total. The van der Waals surface area contributed by atoms with Crippen LogP contribution in [0.1, 0.15) is 0 Å². The van der Waals surface area contributed by atoms with Gasteiger partial charge in [-0.1, -0.05) is 33.3 Å². The van der Waals surface area contributed by atoms with E-state index in [2.05, 4.69) is 26.2 Å². The molecule has 19 heavy (non-hydrogen) atoms. The fourth-order valence-corrected chi connectivity index (χ4v) is 2.29. The number of nitrogen functional groups attached to an aromatic ring is 1. The summed E-state index contributed by atoms with van der Waals surface area (Å²) in [5.74, 6) is 0. The first kappa shape index (κ1) is 11.9. The highest BCUT2D eigenvalue weighted by Crippen LogP contribution is 2.24. The van der Waals surface area contributed by atoms with Crippen LogP contribution in [0.5, 0.6) is 0 Å². The normalized spacial score (nSPS) is 10.6. The lowest BCUT2D eigenvalue weighted by atomic mass is 10.1. The maximum absolute atomic E-state index is 5.70. The second-order valence-electron chi connectivity index (χ2n) is 4.13. The monoisotopic (exact) mass is 314 g/mol. The van der Waals surface area contributed by atoms with Crippen LogP contribution in [0.2, 0.25) is 0 Å². The molecule has 3 rings (SSSR count). The summed E-state index contributed by atoms with van der Waals surface area (Å²) < 4.78 is 2.82. The smallest absolute Gasteiger partial charge is 0.0944 e. The van der Waals surface area contributed by atoms with Crippen molar-refractivity contribution in [3.8, 4) is 16.9 Å². The Balaban J connectivity index is 2.10. The van der Waals surface area contributed by atoms with Gasteiger partial charge in [0.05, 0.1) is 17.6 Å². The van der Waals surface area contributed by atoms with Gasteiger partial charge in [-0.25, -0.2) is 4.68 Å². The number of hydrogen-bond donors (Lipinski definition) is 1. The van der Waals surface area contributed by atoms with E-state index in [1.807, 2.05) is 48.5 Å². The molecule has 1 heterocycles. The minimum absolute atomic E-state index is 0.730. The van der Waals surface area contributed by atoms with Gasteiger partial charge in [-0.3, -0.25) is 0 Å². The Morgan fingerprint density at radius 2 is 1.84 bits per heavy atom. The highest BCUT2D eigenvalue weighted by Gasteiger charge is 2.08. The number of benzene rings is 2. The largest absolute Gasteiger partial charge is 0.399 e. The molecule has 0 atom stereocenters. The van der Waals surface area contributed by atoms with Gasteiger partial charge in [0, 0.05) is 15.7 Å². The van der Waals surface area contributed by atoms with E-state index in [-0.39, 0.29) is 0 Å². The lowest BCUT2D eigenvalue weighted by molar-refractivity contribution is 0.808. The molecular weight excluding hydrogens is 304 g/mol. The Morgan fingerprint density at radius 3 is 2.58 bits per heavy atom. The van der Waals surface area contributed by atoms with Crippen LogP contribution in [-0.2, 0) is 0 Å². The first-order valence-electron chi connectivity index (χ1n) is 5.76. The third-order valence-electron chi connectivity index (χ3n) is 2.81. The summed E-state index contributed by atoms with van der Waals surface area (Å²) >= 11 is 3.47. The second-order valence-corrected chi connectivity index (χ2v) is 5.05. The van der Waals surface area contributed by atoms with Crippen molar-refractivity contribution in [2.24, 2.45) is 0 Å². The molecule has 0 radical (unpaired) electrons. The summed E-state index contributed by atoms with van der Waals surface area (Å²) in [6.07, 6.45) is 1.75. The zero-order valence-electron chi connectivity index (χ0n) is 9.99. The van der Waals surface area contributed by atoms with Crippen molar-refractivity contribution in [3.05, 3.63) is 59.2 Å². The van der Waals surface area contributed by atoms with Gasteiger partial charge < -0.3 is 5.73 Å². The quantitative estimate of drug-likeness (QED) is 0.738. The fraction of sp³-hybridized carbons (Fsp3) is 0. The van der Waals surface area contributed by atoms with Crippen LogP contribution in [0.15, 0.2) is 59.2 Å². The van der Waals surface area contributed by atoms with Gasteiger partial charge in [0.1, 0.15) is 0 Å². The van der Waals surface area contributed by atoms with Gasteiger partial charge in [0.15, 0.2) is 0 Å². The van der Waals surface area contributed by atoms with E-state index in [0.717, 1.165) is 27.1 Å². The first-order valence-corrected chi connectivity index (χ1v) is 6.56. The molecule has 3 aromatic rings. The molecule has 0 aliphatic carbocycles. The zero-order valence-corrected chi connectivity index (χ0v) is 11.6. The summed E-state index contributed by atoms with van der Waals surface area (Å²) in [5, 5.41) is 8.13. The Bertz CT molecular complexity index is 703. The highest BCUT2D eigenvalue weighted by atomic mass is 79.9. The molecule has 0 fully saturated rings. The van der Waals surface area contributed by atoms with Crippen LogP contribution in [-0.4, -0.2) is 15.0 Å². The number of nitrogens with two attached hydrogens (primary N) is 1. The third-order valence-corrected chi connectivity index (χ3v) is 3.30. The molecule has 5 heteroatoms. The molecule has 0 saturated heterocycles. The lowest BCUT2D eigenvalue weighted by Crippen LogP contribution is -1.99. The van der Waals surface area contributed by atoms with Gasteiger partial charge in [0.25, 0.3) is 0 Å². The summed E-state index contributed by atoms with van der Waals surface area (Å²) in [7, 11) is 0. The molecule has 1 aromatic heterocycles. The van der Waals surface area contributed by atoms with Gasteiger partial charge in [-0.05, 0) is 36.4 Å². The van der Waals surface area contributed by atoms with Crippen LogP contribution < -0.4 is 5.73 Å². The summed E-state index contributed by atoms with van der Waals surface area (Å²) in [6.45, 7) is 0. The lowest BCUT2D eigenvalue weighted by Gasteiger charge is -2.06. The molecule has 2 aromatic carbocycles. The first-order chi connectivity index (χ1) is 9.24. The Kier molecular flexibility index (Phi) is 3.05. The maximum atomic E-state index is 5.70. The molecular formula is C14H11BrN4. The zero-order chi connectivity index (χ0) is 13.2. The minimum Gasteiger partial charge on any atom is -0.399 e. The molecule has 0 amide bonds. The van der Waals surface area contributed by atoms with Crippen LogP contribution in [0.3, 0.4) is 0 Å². The number of hydrogen-bond acceptors (Lipinski definition) is 3. The Labute approximate surface area is 119 Å². The number of rotatable bonds is 2.